The molecule has 7 heteroatoms. The van der Waals surface area contributed by atoms with Gasteiger partial charge in [0, 0.05) is 6.54 Å². The zero-order valence-electron chi connectivity index (χ0n) is 9.75. The van der Waals surface area contributed by atoms with Crippen molar-refractivity contribution in [2.45, 2.75) is 18.1 Å². The third-order valence-electron chi connectivity index (χ3n) is 2.05. The predicted molar refractivity (Wildman–Crippen MR) is 65.4 cm³/mol. The van der Waals surface area contributed by atoms with E-state index in [4.69, 9.17) is 4.74 Å². The average Bonchev–Trinajstić information content (AvgIpc) is 2.80. The van der Waals surface area contributed by atoms with Crippen LogP contribution in [0.25, 0.3) is 0 Å². The Morgan fingerprint density at radius 1 is 1.47 bits per heavy atom. The molecule has 0 fully saturated rings. The van der Waals surface area contributed by atoms with Crippen LogP contribution in [0.2, 0.25) is 0 Å². The lowest BCUT2D eigenvalue weighted by molar-refractivity contribution is -0.143. The van der Waals surface area contributed by atoms with E-state index in [1.807, 2.05) is 0 Å². The molecule has 0 N–H and O–H groups in total. The van der Waals surface area contributed by atoms with Crippen molar-refractivity contribution in [1.29, 1.82) is 0 Å². The second-order valence-electron chi connectivity index (χ2n) is 3.17. The molecule has 0 atom stereocenters. The van der Waals surface area contributed by atoms with Crippen LogP contribution in [0.4, 0.5) is 0 Å². The summed E-state index contributed by atoms with van der Waals surface area (Å²) in [6.07, 6.45) is 0. The average molecular weight is 277 g/mol. The molecule has 17 heavy (non-hydrogen) atoms. The van der Waals surface area contributed by atoms with Crippen molar-refractivity contribution >= 4 is 27.3 Å². The zero-order valence-corrected chi connectivity index (χ0v) is 11.4. The van der Waals surface area contributed by atoms with E-state index < -0.39 is 16.0 Å². The molecule has 1 rings (SSSR count). The van der Waals surface area contributed by atoms with Crippen LogP contribution in [-0.2, 0) is 19.6 Å². The Bertz CT molecular complexity index is 453. The molecule has 0 bridgehead atoms. The lowest BCUT2D eigenvalue weighted by Crippen LogP contribution is -2.35. The largest absolute Gasteiger partial charge is 0.465 e. The van der Waals surface area contributed by atoms with Crippen LogP contribution in [0.15, 0.2) is 21.7 Å². The van der Waals surface area contributed by atoms with Crippen LogP contribution in [0.3, 0.4) is 0 Å². The summed E-state index contributed by atoms with van der Waals surface area (Å²) in [5, 5.41) is 1.69. The third kappa shape index (κ3) is 3.52. The number of carbonyl (C=O) groups excluding carboxylic acids is 1. The van der Waals surface area contributed by atoms with Crippen molar-refractivity contribution in [3.8, 4) is 0 Å². The highest BCUT2D eigenvalue weighted by atomic mass is 32.2. The number of sulfonamides is 1. The molecule has 0 radical (unpaired) electrons. The van der Waals surface area contributed by atoms with Gasteiger partial charge < -0.3 is 4.74 Å². The first-order chi connectivity index (χ1) is 8.02. The topological polar surface area (TPSA) is 63.7 Å². The van der Waals surface area contributed by atoms with Gasteiger partial charge in [0.25, 0.3) is 10.0 Å². The molecule has 96 valence electrons. The number of likely N-dealkylation sites (N-methyl/N-ethyl adjacent to an activating group) is 1. The molecule has 1 heterocycles. The number of hydrogen-bond acceptors (Lipinski definition) is 5. The van der Waals surface area contributed by atoms with Gasteiger partial charge in [-0.25, -0.2) is 8.42 Å². The van der Waals surface area contributed by atoms with E-state index in [1.165, 1.54) is 6.07 Å². The molecule has 0 saturated carbocycles. The Labute approximate surface area is 105 Å². The Morgan fingerprint density at radius 3 is 2.65 bits per heavy atom. The summed E-state index contributed by atoms with van der Waals surface area (Å²) in [5.74, 6) is -0.533. The minimum Gasteiger partial charge on any atom is -0.465 e. The molecule has 1 aromatic heterocycles. The fourth-order valence-corrected chi connectivity index (χ4v) is 3.79. The van der Waals surface area contributed by atoms with Crippen molar-refractivity contribution in [2.75, 3.05) is 19.7 Å². The Hall–Kier alpha value is -0.920. The van der Waals surface area contributed by atoms with Crippen LogP contribution >= 0.6 is 11.3 Å². The van der Waals surface area contributed by atoms with Gasteiger partial charge in [-0.05, 0) is 18.4 Å². The smallest absolute Gasteiger partial charge is 0.321 e. The van der Waals surface area contributed by atoms with Gasteiger partial charge in [0.1, 0.15) is 10.8 Å². The molecule has 0 unspecified atom stereocenters. The molecule has 0 aliphatic rings. The minimum absolute atomic E-state index is 0.235. The molecule has 0 aliphatic carbocycles. The number of thiophene rings is 1. The van der Waals surface area contributed by atoms with Gasteiger partial charge in [-0.3, -0.25) is 4.79 Å². The van der Waals surface area contributed by atoms with Gasteiger partial charge in [0.15, 0.2) is 0 Å². The molecule has 0 spiro atoms. The van der Waals surface area contributed by atoms with E-state index in [-0.39, 0.29) is 23.9 Å². The van der Waals surface area contributed by atoms with Crippen molar-refractivity contribution in [3.05, 3.63) is 17.5 Å². The highest BCUT2D eigenvalue weighted by Gasteiger charge is 2.26. The highest BCUT2D eigenvalue weighted by Crippen LogP contribution is 2.20. The first kappa shape index (κ1) is 14.1. The zero-order chi connectivity index (χ0) is 12.9. The van der Waals surface area contributed by atoms with Gasteiger partial charge >= 0.3 is 5.97 Å². The fourth-order valence-electron chi connectivity index (χ4n) is 1.25. The van der Waals surface area contributed by atoms with Crippen LogP contribution in [0, 0.1) is 0 Å². The first-order valence-corrected chi connectivity index (χ1v) is 7.53. The highest BCUT2D eigenvalue weighted by molar-refractivity contribution is 7.91. The first-order valence-electron chi connectivity index (χ1n) is 5.21. The summed E-state index contributed by atoms with van der Waals surface area (Å²) in [5.41, 5.74) is 0. The summed E-state index contributed by atoms with van der Waals surface area (Å²) >= 11 is 1.13. The van der Waals surface area contributed by atoms with Crippen LogP contribution < -0.4 is 0 Å². The summed E-state index contributed by atoms with van der Waals surface area (Å²) in [7, 11) is -3.57. The van der Waals surface area contributed by atoms with E-state index in [2.05, 4.69) is 0 Å². The third-order valence-corrected chi connectivity index (χ3v) is 5.35. The fraction of sp³-hybridized carbons (Fsp3) is 0.500. The molecule has 0 saturated heterocycles. The standard InChI is InChI=1S/C10H15NO4S2/c1-3-11(8-9(12)15-4-2)17(13,14)10-6-5-7-16-10/h5-7H,3-4,8H2,1-2H3. The Balaban J connectivity index is 2.84. The van der Waals surface area contributed by atoms with E-state index >= 15 is 0 Å². The predicted octanol–water partition coefficient (Wildman–Crippen LogP) is 1.32. The van der Waals surface area contributed by atoms with Gasteiger partial charge in [-0.2, -0.15) is 4.31 Å². The van der Waals surface area contributed by atoms with Crippen LogP contribution in [0.5, 0.6) is 0 Å². The maximum atomic E-state index is 12.1. The number of ether oxygens (including phenoxy) is 1. The number of rotatable bonds is 6. The van der Waals surface area contributed by atoms with Gasteiger partial charge in [-0.1, -0.05) is 13.0 Å². The summed E-state index contributed by atoms with van der Waals surface area (Å²) < 4.78 is 30.3. The maximum absolute atomic E-state index is 12.1. The molecule has 5 nitrogen and oxygen atoms in total. The number of carbonyl (C=O) groups is 1. The molecular weight excluding hydrogens is 262 g/mol. The molecular formula is C10H15NO4S2. The number of hydrogen-bond donors (Lipinski definition) is 0. The summed E-state index contributed by atoms with van der Waals surface area (Å²) in [6.45, 7) is 3.60. The number of esters is 1. The Kier molecular flexibility index (Phi) is 5.10. The molecule has 0 amide bonds. The van der Waals surface area contributed by atoms with Gasteiger partial charge in [-0.15, -0.1) is 11.3 Å². The van der Waals surface area contributed by atoms with E-state index in [0.29, 0.717) is 0 Å². The van der Waals surface area contributed by atoms with Crippen molar-refractivity contribution in [1.82, 2.24) is 4.31 Å². The van der Waals surface area contributed by atoms with Gasteiger partial charge in [0.05, 0.1) is 6.61 Å². The number of nitrogens with zero attached hydrogens (tertiary/aromatic N) is 1. The van der Waals surface area contributed by atoms with Crippen molar-refractivity contribution in [3.63, 3.8) is 0 Å². The summed E-state index contributed by atoms with van der Waals surface area (Å²) in [4.78, 5) is 11.3. The second kappa shape index (κ2) is 6.13. The van der Waals surface area contributed by atoms with Crippen molar-refractivity contribution < 1.29 is 17.9 Å². The Morgan fingerprint density at radius 2 is 2.18 bits per heavy atom. The van der Waals surface area contributed by atoms with Gasteiger partial charge in [0.2, 0.25) is 0 Å². The summed E-state index contributed by atoms with van der Waals surface area (Å²) in [6, 6.07) is 3.18. The molecule has 0 aliphatic heterocycles. The second-order valence-corrected chi connectivity index (χ2v) is 6.28. The monoisotopic (exact) mass is 277 g/mol. The molecule has 0 aromatic carbocycles. The SMILES string of the molecule is CCOC(=O)CN(CC)S(=O)(=O)c1cccs1. The van der Waals surface area contributed by atoms with Crippen LogP contribution in [0.1, 0.15) is 13.8 Å². The van der Waals surface area contributed by atoms with Crippen molar-refractivity contribution in [2.24, 2.45) is 0 Å². The molecule has 1 aromatic rings. The van der Waals surface area contributed by atoms with E-state index in [0.717, 1.165) is 15.6 Å². The quantitative estimate of drug-likeness (QED) is 0.736. The van der Waals surface area contributed by atoms with E-state index in [1.54, 1.807) is 25.3 Å². The maximum Gasteiger partial charge on any atom is 0.321 e. The van der Waals surface area contributed by atoms with E-state index in [9.17, 15) is 13.2 Å². The minimum atomic E-state index is -3.57. The normalized spacial score (nSPS) is 11.7. The lowest BCUT2D eigenvalue weighted by Gasteiger charge is -2.18. The lowest BCUT2D eigenvalue weighted by atomic mass is 10.6. The van der Waals surface area contributed by atoms with Crippen LogP contribution in [-0.4, -0.2) is 38.4 Å².